The van der Waals surface area contributed by atoms with Gasteiger partial charge in [0.1, 0.15) is 5.76 Å². The molecule has 1 aromatic rings. The van der Waals surface area contributed by atoms with Crippen molar-refractivity contribution in [3.05, 3.63) is 17.5 Å². The molecule has 0 unspecified atom stereocenters. The van der Waals surface area contributed by atoms with Crippen LogP contribution >= 0.6 is 0 Å². The topological polar surface area (TPSA) is 61.6 Å². The fraction of sp³-hybridized carbons (Fsp3) is 0.714. The summed E-state index contributed by atoms with van der Waals surface area (Å²) in [5, 5.41) is 7.06. The third-order valence-electron chi connectivity index (χ3n) is 3.84. The van der Waals surface area contributed by atoms with Crippen molar-refractivity contribution in [2.75, 3.05) is 32.7 Å². The normalized spacial score (nSPS) is 21.1. The Morgan fingerprint density at radius 2 is 2.05 bits per heavy atom. The van der Waals surface area contributed by atoms with E-state index in [1.807, 2.05) is 13.0 Å². The SMILES string of the molecule is Cc1cc(CN2CCN(CC(=O)NC3CC3)CC2)no1. The van der Waals surface area contributed by atoms with E-state index in [0.29, 0.717) is 12.6 Å². The molecule has 1 aliphatic heterocycles. The van der Waals surface area contributed by atoms with Crippen LogP contribution in [0.25, 0.3) is 0 Å². The van der Waals surface area contributed by atoms with Gasteiger partial charge in [0.2, 0.25) is 5.91 Å². The number of rotatable bonds is 5. The Labute approximate surface area is 119 Å². The van der Waals surface area contributed by atoms with Crippen molar-refractivity contribution < 1.29 is 9.32 Å². The standard InChI is InChI=1S/C14H22N4O2/c1-11-8-13(16-20-11)9-17-4-6-18(7-5-17)10-14(19)15-12-2-3-12/h8,12H,2-7,9-10H2,1H3,(H,15,19). The molecule has 0 aromatic carbocycles. The maximum absolute atomic E-state index is 11.7. The number of nitrogens with one attached hydrogen (secondary N) is 1. The summed E-state index contributed by atoms with van der Waals surface area (Å²) in [6.07, 6.45) is 2.30. The molecule has 0 spiro atoms. The van der Waals surface area contributed by atoms with Crippen LogP contribution in [0.5, 0.6) is 0 Å². The first-order chi connectivity index (χ1) is 9.69. The zero-order valence-corrected chi connectivity index (χ0v) is 12.0. The van der Waals surface area contributed by atoms with Crippen molar-refractivity contribution >= 4 is 5.91 Å². The van der Waals surface area contributed by atoms with Gasteiger partial charge in [-0.15, -0.1) is 0 Å². The Balaban J connectivity index is 1.38. The van der Waals surface area contributed by atoms with E-state index < -0.39 is 0 Å². The van der Waals surface area contributed by atoms with E-state index in [4.69, 9.17) is 4.52 Å². The minimum Gasteiger partial charge on any atom is -0.361 e. The van der Waals surface area contributed by atoms with Gasteiger partial charge in [-0.25, -0.2) is 0 Å². The molecule has 6 heteroatoms. The van der Waals surface area contributed by atoms with Crippen LogP contribution in [-0.2, 0) is 11.3 Å². The first-order valence-electron chi connectivity index (χ1n) is 7.35. The molecule has 2 aliphatic rings. The second kappa shape index (κ2) is 5.93. The van der Waals surface area contributed by atoms with Crippen molar-refractivity contribution in [2.45, 2.75) is 32.4 Å². The quantitative estimate of drug-likeness (QED) is 0.843. The molecule has 1 N–H and O–H groups in total. The zero-order valence-electron chi connectivity index (χ0n) is 12.0. The highest BCUT2D eigenvalue weighted by molar-refractivity contribution is 5.78. The minimum atomic E-state index is 0.174. The fourth-order valence-electron chi connectivity index (χ4n) is 2.53. The third kappa shape index (κ3) is 3.80. The summed E-state index contributed by atoms with van der Waals surface area (Å²) in [4.78, 5) is 16.3. The van der Waals surface area contributed by atoms with Gasteiger partial charge in [-0.05, 0) is 19.8 Å². The molecule has 1 aromatic heterocycles. The second-order valence-electron chi connectivity index (χ2n) is 5.82. The average Bonchev–Trinajstić information content (AvgIpc) is 3.13. The largest absolute Gasteiger partial charge is 0.361 e. The van der Waals surface area contributed by atoms with E-state index in [-0.39, 0.29) is 5.91 Å². The van der Waals surface area contributed by atoms with Crippen LogP contribution < -0.4 is 5.32 Å². The monoisotopic (exact) mass is 278 g/mol. The fourth-order valence-corrected chi connectivity index (χ4v) is 2.53. The maximum atomic E-state index is 11.7. The Kier molecular flexibility index (Phi) is 4.03. The highest BCUT2D eigenvalue weighted by Gasteiger charge is 2.25. The van der Waals surface area contributed by atoms with Crippen LogP contribution in [0.1, 0.15) is 24.3 Å². The Morgan fingerprint density at radius 1 is 1.35 bits per heavy atom. The number of piperazine rings is 1. The first-order valence-corrected chi connectivity index (χ1v) is 7.35. The number of carbonyl (C=O) groups is 1. The molecule has 6 nitrogen and oxygen atoms in total. The average molecular weight is 278 g/mol. The second-order valence-corrected chi connectivity index (χ2v) is 5.82. The predicted molar refractivity (Wildman–Crippen MR) is 74.1 cm³/mol. The van der Waals surface area contributed by atoms with E-state index in [2.05, 4.69) is 20.3 Å². The maximum Gasteiger partial charge on any atom is 0.234 e. The highest BCUT2D eigenvalue weighted by Crippen LogP contribution is 2.18. The van der Waals surface area contributed by atoms with Gasteiger partial charge < -0.3 is 9.84 Å². The van der Waals surface area contributed by atoms with Gasteiger partial charge in [-0.1, -0.05) is 5.16 Å². The predicted octanol–water partition coefficient (Wildman–Crippen LogP) is 0.379. The Bertz CT molecular complexity index is 461. The number of carbonyl (C=O) groups excluding carboxylic acids is 1. The molecule has 2 fully saturated rings. The Hall–Kier alpha value is -1.40. The summed E-state index contributed by atoms with van der Waals surface area (Å²) >= 11 is 0. The molecule has 0 bridgehead atoms. The number of aromatic nitrogens is 1. The molecule has 3 rings (SSSR count). The van der Waals surface area contributed by atoms with Gasteiger partial charge in [-0.2, -0.15) is 0 Å². The van der Waals surface area contributed by atoms with Crippen molar-refractivity contribution in [1.29, 1.82) is 0 Å². The minimum absolute atomic E-state index is 0.174. The van der Waals surface area contributed by atoms with Crippen LogP contribution in [0.3, 0.4) is 0 Å². The molecular formula is C14H22N4O2. The van der Waals surface area contributed by atoms with E-state index in [1.165, 1.54) is 0 Å². The van der Waals surface area contributed by atoms with Crippen molar-refractivity contribution in [3.8, 4) is 0 Å². The molecule has 20 heavy (non-hydrogen) atoms. The van der Waals surface area contributed by atoms with Crippen molar-refractivity contribution in [1.82, 2.24) is 20.3 Å². The first kappa shape index (κ1) is 13.6. The molecule has 0 radical (unpaired) electrons. The molecule has 1 aliphatic carbocycles. The van der Waals surface area contributed by atoms with E-state index in [1.54, 1.807) is 0 Å². The lowest BCUT2D eigenvalue weighted by Crippen LogP contribution is -2.49. The molecular weight excluding hydrogens is 256 g/mol. The van der Waals surface area contributed by atoms with Gasteiger partial charge in [0.15, 0.2) is 0 Å². The van der Waals surface area contributed by atoms with Crippen molar-refractivity contribution in [3.63, 3.8) is 0 Å². The van der Waals surface area contributed by atoms with Crippen LogP contribution in [0.15, 0.2) is 10.6 Å². The molecule has 1 saturated carbocycles. The summed E-state index contributed by atoms with van der Waals surface area (Å²) in [5.41, 5.74) is 0.988. The summed E-state index contributed by atoms with van der Waals surface area (Å²) in [7, 11) is 0. The van der Waals surface area contributed by atoms with Crippen LogP contribution in [0, 0.1) is 6.92 Å². The number of amides is 1. The smallest absolute Gasteiger partial charge is 0.234 e. The van der Waals surface area contributed by atoms with Gasteiger partial charge >= 0.3 is 0 Å². The lowest BCUT2D eigenvalue weighted by atomic mass is 10.2. The lowest BCUT2D eigenvalue weighted by molar-refractivity contribution is -0.122. The molecule has 0 atom stereocenters. The summed E-state index contributed by atoms with van der Waals surface area (Å²) in [6, 6.07) is 2.44. The summed E-state index contributed by atoms with van der Waals surface area (Å²) in [6.45, 7) is 7.11. The van der Waals surface area contributed by atoms with E-state index in [0.717, 1.165) is 57.0 Å². The molecule has 1 saturated heterocycles. The van der Waals surface area contributed by atoms with Gasteiger partial charge in [0.25, 0.3) is 0 Å². The number of hydrogen-bond acceptors (Lipinski definition) is 5. The lowest BCUT2D eigenvalue weighted by Gasteiger charge is -2.33. The molecule has 2 heterocycles. The third-order valence-corrected chi connectivity index (χ3v) is 3.84. The van der Waals surface area contributed by atoms with Gasteiger partial charge in [0, 0.05) is 44.8 Å². The number of nitrogens with zero attached hydrogens (tertiary/aromatic N) is 3. The van der Waals surface area contributed by atoms with Gasteiger partial charge in [0.05, 0.1) is 12.2 Å². The van der Waals surface area contributed by atoms with E-state index >= 15 is 0 Å². The van der Waals surface area contributed by atoms with Crippen LogP contribution in [0.4, 0.5) is 0 Å². The van der Waals surface area contributed by atoms with Crippen LogP contribution in [-0.4, -0.2) is 59.6 Å². The molecule has 110 valence electrons. The van der Waals surface area contributed by atoms with Gasteiger partial charge in [-0.3, -0.25) is 14.6 Å². The number of aryl methyl sites for hydroxylation is 1. The molecule has 1 amide bonds. The summed E-state index contributed by atoms with van der Waals surface area (Å²) < 4.78 is 5.08. The van der Waals surface area contributed by atoms with Crippen molar-refractivity contribution in [2.24, 2.45) is 0 Å². The van der Waals surface area contributed by atoms with Crippen LogP contribution in [0.2, 0.25) is 0 Å². The highest BCUT2D eigenvalue weighted by atomic mass is 16.5. The summed E-state index contributed by atoms with van der Waals surface area (Å²) in [5.74, 6) is 1.03. The number of hydrogen-bond donors (Lipinski definition) is 1. The zero-order chi connectivity index (χ0) is 13.9. The Morgan fingerprint density at radius 3 is 2.65 bits per heavy atom. The van der Waals surface area contributed by atoms with E-state index in [9.17, 15) is 4.79 Å².